The van der Waals surface area contributed by atoms with E-state index in [0.717, 1.165) is 5.56 Å². The average Bonchev–Trinajstić information content (AvgIpc) is 2.62. The van der Waals surface area contributed by atoms with Crippen molar-refractivity contribution in [1.82, 2.24) is 0 Å². The third kappa shape index (κ3) is 5.52. The van der Waals surface area contributed by atoms with Crippen LogP contribution in [0.4, 0.5) is 16.2 Å². The lowest BCUT2D eigenvalue weighted by molar-refractivity contribution is 0.262. The molecule has 0 aromatic heterocycles. The van der Waals surface area contributed by atoms with E-state index >= 15 is 0 Å². The van der Waals surface area contributed by atoms with Crippen LogP contribution in [0.2, 0.25) is 5.02 Å². The van der Waals surface area contributed by atoms with Crippen LogP contribution in [-0.4, -0.2) is 16.2 Å². The smallest absolute Gasteiger partial charge is 0.323 e. The van der Waals surface area contributed by atoms with Crippen molar-refractivity contribution in [3.05, 3.63) is 82.9 Å². The van der Waals surface area contributed by atoms with Crippen LogP contribution in [0.5, 0.6) is 11.5 Å². The summed E-state index contributed by atoms with van der Waals surface area (Å²) in [6.07, 6.45) is 3.61. The van der Waals surface area contributed by atoms with E-state index in [2.05, 4.69) is 10.6 Å². The molecule has 136 valence electrons. The van der Waals surface area contributed by atoms with Crippen LogP contribution in [0.3, 0.4) is 0 Å². The number of carbonyl (C=O) groups excluding carboxylic acids is 1. The summed E-state index contributed by atoms with van der Waals surface area (Å²) in [6.45, 7) is 0. The minimum Gasteiger partial charge on any atom is -0.508 e. The molecule has 4 N–H and O–H groups in total. The number of amides is 2. The zero-order valence-corrected chi connectivity index (χ0v) is 14.9. The van der Waals surface area contributed by atoms with Gasteiger partial charge in [0.25, 0.3) is 0 Å². The number of benzene rings is 3. The molecule has 3 aromatic rings. The summed E-state index contributed by atoms with van der Waals surface area (Å²) in [5.74, 6) is 0.00166. The number of carbonyl (C=O) groups is 1. The van der Waals surface area contributed by atoms with Gasteiger partial charge >= 0.3 is 6.03 Å². The Morgan fingerprint density at radius 1 is 0.741 bits per heavy atom. The van der Waals surface area contributed by atoms with Crippen molar-refractivity contribution in [2.45, 2.75) is 0 Å². The van der Waals surface area contributed by atoms with Crippen molar-refractivity contribution in [3.63, 3.8) is 0 Å². The van der Waals surface area contributed by atoms with Gasteiger partial charge in [-0.05, 0) is 59.7 Å². The zero-order valence-electron chi connectivity index (χ0n) is 14.2. The molecule has 0 unspecified atom stereocenters. The molecule has 0 spiro atoms. The zero-order chi connectivity index (χ0) is 19.2. The van der Waals surface area contributed by atoms with Crippen LogP contribution < -0.4 is 10.6 Å². The highest BCUT2D eigenvalue weighted by Crippen LogP contribution is 2.22. The minimum absolute atomic E-state index is 0.000831. The molecule has 0 aliphatic heterocycles. The van der Waals surface area contributed by atoms with Gasteiger partial charge in [0.2, 0.25) is 0 Å². The largest absolute Gasteiger partial charge is 0.508 e. The first-order valence-electron chi connectivity index (χ1n) is 8.13. The van der Waals surface area contributed by atoms with Gasteiger partial charge in [0.05, 0.1) is 0 Å². The molecule has 0 aliphatic carbocycles. The van der Waals surface area contributed by atoms with Gasteiger partial charge in [-0.2, -0.15) is 0 Å². The Hall–Kier alpha value is -3.44. The Labute approximate surface area is 161 Å². The molecule has 2 amide bonds. The first-order chi connectivity index (χ1) is 13.0. The highest BCUT2D eigenvalue weighted by molar-refractivity contribution is 6.30. The van der Waals surface area contributed by atoms with Crippen molar-refractivity contribution >= 4 is 41.2 Å². The maximum atomic E-state index is 12.0. The second-order valence-electron chi connectivity index (χ2n) is 5.82. The fourth-order valence-electron chi connectivity index (χ4n) is 2.41. The fraction of sp³-hybridized carbons (Fsp3) is 0. The molecule has 3 aromatic carbocycles. The van der Waals surface area contributed by atoms with E-state index in [1.165, 1.54) is 6.07 Å². The highest BCUT2D eigenvalue weighted by Gasteiger charge is 2.02. The van der Waals surface area contributed by atoms with Gasteiger partial charge < -0.3 is 20.8 Å². The van der Waals surface area contributed by atoms with E-state index in [-0.39, 0.29) is 17.5 Å². The van der Waals surface area contributed by atoms with Crippen molar-refractivity contribution in [1.29, 1.82) is 0 Å². The standard InChI is InChI=1S/C21H17ClN2O3/c22-16-5-9-18(10-6-16)24-21(27)23-17-7-3-14(4-8-17)1-2-15-11-19(25)13-20(26)12-15/h1-13,25-26H,(H2,23,24,27)/b2-1+. The quantitative estimate of drug-likeness (QED) is 0.447. The first-order valence-corrected chi connectivity index (χ1v) is 8.50. The molecule has 0 fully saturated rings. The summed E-state index contributed by atoms with van der Waals surface area (Å²) in [5.41, 5.74) is 2.87. The molecule has 0 atom stereocenters. The Morgan fingerprint density at radius 3 is 1.78 bits per heavy atom. The molecule has 3 rings (SSSR count). The predicted molar refractivity (Wildman–Crippen MR) is 109 cm³/mol. The Balaban J connectivity index is 1.60. The molecule has 0 saturated heterocycles. The van der Waals surface area contributed by atoms with Gasteiger partial charge in [0.15, 0.2) is 0 Å². The summed E-state index contributed by atoms with van der Waals surface area (Å²) in [4.78, 5) is 12.0. The van der Waals surface area contributed by atoms with Gasteiger partial charge in [0, 0.05) is 22.5 Å². The molecule has 0 aliphatic rings. The minimum atomic E-state index is -0.351. The van der Waals surface area contributed by atoms with Crippen LogP contribution in [0.25, 0.3) is 12.2 Å². The molecular weight excluding hydrogens is 364 g/mol. The van der Waals surface area contributed by atoms with E-state index in [0.29, 0.717) is 22.0 Å². The number of hydrogen-bond acceptors (Lipinski definition) is 3. The number of nitrogens with one attached hydrogen (secondary N) is 2. The van der Waals surface area contributed by atoms with E-state index in [9.17, 15) is 15.0 Å². The van der Waals surface area contributed by atoms with Gasteiger partial charge in [0.1, 0.15) is 11.5 Å². The monoisotopic (exact) mass is 380 g/mol. The van der Waals surface area contributed by atoms with Crippen LogP contribution >= 0.6 is 11.6 Å². The van der Waals surface area contributed by atoms with Gasteiger partial charge in [-0.25, -0.2) is 4.79 Å². The van der Waals surface area contributed by atoms with Crippen molar-refractivity contribution in [2.75, 3.05) is 10.6 Å². The number of hydrogen-bond donors (Lipinski definition) is 4. The highest BCUT2D eigenvalue weighted by atomic mass is 35.5. The van der Waals surface area contributed by atoms with E-state index < -0.39 is 0 Å². The van der Waals surface area contributed by atoms with Crippen molar-refractivity contribution in [3.8, 4) is 11.5 Å². The summed E-state index contributed by atoms with van der Waals surface area (Å²) in [7, 11) is 0. The fourth-order valence-corrected chi connectivity index (χ4v) is 2.54. The average molecular weight is 381 g/mol. The first kappa shape index (κ1) is 18.4. The summed E-state index contributed by atoms with van der Waals surface area (Å²) >= 11 is 5.81. The molecule has 5 nitrogen and oxygen atoms in total. The molecule has 0 radical (unpaired) electrons. The van der Waals surface area contributed by atoms with Gasteiger partial charge in [-0.1, -0.05) is 35.9 Å². The van der Waals surface area contributed by atoms with Crippen LogP contribution in [0.1, 0.15) is 11.1 Å². The van der Waals surface area contributed by atoms with Crippen molar-refractivity contribution in [2.24, 2.45) is 0 Å². The molecule has 27 heavy (non-hydrogen) atoms. The lowest BCUT2D eigenvalue weighted by atomic mass is 10.1. The summed E-state index contributed by atoms with van der Waals surface area (Å²) in [6, 6.07) is 18.1. The second-order valence-corrected chi connectivity index (χ2v) is 6.26. The van der Waals surface area contributed by atoms with Gasteiger partial charge in [-0.3, -0.25) is 0 Å². The lowest BCUT2D eigenvalue weighted by Crippen LogP contribution is -2.19. The lowest BCUT2D eigenvalue weighted by Gasteiger charge is -2.08. The number of phenolic OH excluding ortho intramolecular Hbond substituents is 2. The summed E-state index contributed by atoms with van der Waals surface area (Å²) < 4.78 is 0. The Morgan fingerprint density at radius 2 is 1.22 bits per heavy atom. The van der Waals surface area contributed by atoms with Crippen LogP contribution in [0, 0.1) is 0 Å². The molecule has 0 bridgehead atoms. The van der Waals surface area contributed by atoms with Gasteiger partial charge in [-0.15, -0.1) is 0 Å². The third-order valence-electron chi connectivity index (χ3n) is 3.66. The molecular formula is C21H17ClN2O3. The maximum Gasteiger partial charge on any atom is 0.323 e. The SMILES string of the molecule is O=C(Nc1ccc(Cl)cc1)Nc1ccc(/C=C/c2cc(O)cc(O)c2)cc1. The van der Waals surface area contributed by atoms with E-state index in [1.807, 2.05) is 18.2 Å². The topological polar surface area (TPSA) is 81.6 Å². The van der Waals surface area contributed by atoms with Crippen LogP contribution in [-0.2, 0) is 0 Å². The van der Waals surface area contributed by atoms with Crippen LogP contribution in [0.15, 0.2) is 66.7 Å². The molecule has 0 saturated carbocycles. The summed E-state index contributed by atoms with van der Waals surface area (Å²) in [5, 5.41) is 25.0. The molecule has 0 heterocycles. The third-order valence-corrected chi connectivity index (χ3v) is 3.92. The second kappa shape index (κ2) is 8.29. The normalized spacial score (nSPS) is 10.7. The van der Waals surface area contributed by atoms with E-state index in [1.54, 1.807) is 54.6 Å². The maximum absolute atomic E-state index is 12.0. The Kier molecular flexibility index (Phi) is 5.64. The number of aromatic hydroxyl groups is 2. The predicted octanol–water partition coefficient (Wildman–Crippen LogP) is 5.57. The van der Waals surface area contributed by atoms with E-state index in [4.69, 9.17) is 11.6 Å². The number of anilines is 2. The number of halogens is 1. The number of rotatable bonds is 4. The number of urea groups is 1. The number of phenols is 2. The molecule has 6 heteroatoms. The Bertz CT molecular complexity index is 947. The van der Waals surface area contributed by atoms with Crippen molar-refractivity contribution < 1.29 is 15.0 Å².